The van der Waals surface area contributed by atoms with Gasteiger partial charge >= 0.3 is 11.7 Å². The van der Waals surface area contributed by atoms with Crippen LogP contribution in [0.25, 0.3) is 10.9 Å². The standard InChI is InChI=1S/C22H21BrN4O6/c1-4-13(2)21-25-17-9-8-15(23)10-16(17)22(29)26(21)24-11-14-6-5-7-18(27(30)31)20(14)33-12-19(28)32-3/h5-11,13H,4,12H2,1-3H3/t13-/m1/s1. The zero-order valence-corrected chi connectivity index (χ0v) is 19.7. The van der Waals surface area contributed by atoms with Crippen LogP contribution in [0.1, 0.15) is 37.6 Å². The van der Waals surface area contributed by atoms with Gasteiger partial charge < -0.3 is 9.47 Å². The number of ether oxygens (including phenoxy) is 2. The van der Waals surface area contributed by atoms with Gasteiger partial charge in [-0.25, -0.2) is 9.78 Å². The monoisotopic (exact) mass is 516 g/mol. The summed E-state index contributed by atoms with van der Waals surface area (Å²) in [4.78, 5) is 40.2. The molecule has 0 fully saturated rings. The fourth-order valence-electron chi connectivity index (χ4n) is 3.03. The molecule has 0 aliphatic carbocycles. The van der Waals surface area contributed by atoms with Gasteiger partial charge in [-0.15, -0.1) is 0 Å². The molecule has 0 aliphatic rings. The van der Waals surface area contributed by atoms with E-state index in [0.717, 1.165) is 4.47 Å². The van der Waals surface area contributed by atoms with Gasteiger partial charge in [0.25, 0.3) is 5.56 Å². The van der Waals surface area contributed by atoms with E-state index in [1.807, 2.05) is 13.8 Å². The first-order valence-corrected chi connectivity index (χ1v) is 10.8. The number of fused-ring (bicyclic) bond motifs is 1. The number of carbonyl (C=O) groups is 1. The predicted molar refractivity (Wildman–Crippen MR) is 126 cm³/mol. The van der Waals surface area contributed by atoms with Crippen molar-refractivity contribution in [2.45, 2.75) is 26.2 Å². The Morgan fingerprint density at radius 1 is 1.36 bits per heavy atom. The van der Waals surface area contributed by atoms with E-state index >= 15 is 0 Å². The number of nitro groups is 1. The summed E-state index contributed by atoms with van der Waals surface area (Å²) in [5.41, 5.74) is 0.0278. The molecule has 0 saturated carbocycles. The number of hydrogen-bond acceptors (Lipinski definition) is 8. The summed E-state index contributed by atoms with van der Waals surface area (Å²) < 4.78 is 11.8. The van der Waals surface area contributed by atoms with Crippen LogP contribution in [0, 0.1) is 10.1 Å². The smallest absolute Gasteiger partial charge is 0.343 e. The maximum absolute atomic E-state index is 13.2. The van der Waals surface area contributed by atoms with Crippen LogP contribution < -0.4 is 10.3 Å². The van der Waals surface area contributed by atoms with Crippen molar-refractivity contribution in [3.8, 4) is 5.75 Å². The molecule has 3 rings (SSSR count). The molecule has 0 radical (unpaired) electrons. The van der Waals surface area contributed by atoms with Gasteiger partial charge in [0.05, 0.1) is 29.2 Å². The number of methoxy groups -OCH3 is 1. The Bertz CT molecular complexity index is 1300. The zero-order chi connectivity index (χ0) is 24.1. The van der Waals surface area contributed by atoms with Gasteiger partial charge in [0.1, 0.15) is 5.82 Å². The molecule has 0 amide bonds. The van der Waals surface area contributed by atoms with Crippen LogP contribution in [0.4, 0.5) is 5.69 Å². The Morgan fingerprint density at radius 2 is 2.12 bits per heavy atom. The molecule has 1 atom stereocenters. The second-order valence-electron chi connectivity index (χ2n) is 7.12. The molecule has 10 nitrogen and oxygen atoms in total. The third-order valence-corrected chi connectivity index (χ3v) is 5.48. The SMILES string of the molecule is CC[C@@H](C)c1nc2ccc(Br)cc2c(=O)n1N=Cc1cccc([N+](=O)[O-])c1OCC(=O)OC. The molecule has 0 N–H and O–H groups in total. The summed E-state index contributed by atoms with van der Waals surface area (Å²) in [7, 11) is 1.18. The number of aromatic nitrogens is 2. The number of rotatable bonds is 8. The summed E-state index contributed by atoms with van der Waals surface area (Å²) in [5, 5.41) is 16.2. The van der Waals surface area contributed by atoms with Crippen molar-refractivity contribution in [2.24, 2.45) is 5.10 Å². The fourth-order valence-corrected chi connectivity index (χ4v) is 3.40. The van der Waals surface area contributed by atoms with Gasteiger partial charge in [-0.2, -0.15) is 9.78 Å². The molecule has 0 aliphatic heterocycles. The Labute approximate surface area is 197 Å². The van der Waals surface area contributed by atoms with Crippen LogP contribution in [0.15, 0.2) is 50.8 Å². The summed E-state index contributed by atoms with van der Waals surface area (Å²) >= 11 is 3.36. The van der Waals surface area contributed by atoms with Crippen LogP contribution in [-0.2, 0) is 9.53 Å². The highest BCUT2D eigenvalue weighted by atomic mass is 79.9. The minimum absolute atomic E-state index is 0.0805. The molecule has 0 bridgehead atoms. The van der Waals surface area contributed by atoms with Crippen molar-refractivity contribution in [3.63, 3.8) is 0 Å². The fraction of sp³-hybridized carbons (Fsp3) is 0.273. The lowest BCUT2D eigenvalue weighted by Gasteiger charge is -2.14. The normalized spacial score (nSPS) is 12.1. The van der Waals surface area contributed by atoms with E-state index < -0.39 is 17.5 Å². The van der Waals surface area contributed by atoms with Crippen molar-refractivity contribution < 1.29 is 19.2 Å². The topological polar surface area (TPSA) is 126 Å². The average Bonchev–Trinajstić information content (AvgIpc) is 2.81. The van der Waals surface area contributed by atoms with Crippen molar-refractivity contribution in [1.29, 1.82) is 0 Å². The van der Waals surface area contributed by atoms with E-state index in [0.29, 0.717) is 23.1 Å². The number of benzene rings is 2. The highest BCUT2D eigenvalue weighted by Crippen LogP contribution is 2.30. The first kappa shape index (κ1) is 24.1. The second kappa shape index (κ2) is 10.3. The molecular weight excluding hydrogens is 496 g/mol. The first-order valence-electron chi connectivity index (χ1n) is 10.00. The number of para-hydroxylation sites is 1. The lowest BCUT2D eigenvalue weighted by Crippen LogP contribution is -2.23. The van der Waals surface area contributed by atoms with Gasteiger partial charge in [-0.3, -0.25) is 14.9 Å². The van der Waals surface area contributed by atoms with E-state index in [1.54, 1.807) is 18.2 Å². The molecule has 172 valence electrons. The molecule has 0 unspecified atom stereocenters. The number of nitro benzene ring substituents is 1. The molecule has 33 heavy (non-hydrogen) atoms. The molecule has 11 heteroatoms. The number of nitrogens with zero attached hydrogens (tertiary/aromatic N) is 4. The molecule has 1 heterocycles. The summed E-state index contributed by atoms with van der Waals surface area (Å²) in [6, 6.07) is 9.45. The molecule has 0 saturated heterocycles. The van der Waals surface area contributed by atoms with Crippen LogP contribution in [-0.4, -0.2) is 40.5 Å². The van der Waals surface area contributed by atoms with E-state index in [1.165, 1.54) is 36.2 Å². The van der Waals surface area contributed by atoms with Gasteiger partial charge in [0.2, 0.25) is 5.75 Å². The summed E-state index contributed by atoms with van der Waals surface area (Å²) in [6.45, 7) is 3.37. The number of halogens is 1. The quantitative estimate of drug-likeness (QED) is 0.191. The molecule has 0 spiro atoms. The number of carbonyl (C=O) groups excluding carboxylic acids is 1. The Morgan fingerprint density at radius 3 is 2.79 bits per heavy atom. The Hall–Kier alpha value is -3.60. The van der Waals surface area contributed by atoms with Crippen molar-refractivity contribution in [1.82, 2.24) is 9.66 Å². The molecule has 3 aromatic rings. The third-order valence-electron chi connectivity index (χ3n) is 4.98. The zero-order valence-electron chi connectivity index (χ0n) is 18.1. The molecular formula is C22H21BrN4O6. The van der Waals surface area contributed by atoms with Crippen molar-refractivity contribution >= 4 is 44.7 Å². The Kier molecular flexibility index (Phi) is 7.54. The highest BCUT2D eigenvalue weighted by molar-refractivity contribution is 9.10. The minimum atomic E-state index is -0.698. The van der Waals surface area contributed by atoms with Gasteiger partial charge in [-0.05, 0) is 30.7 Å². The Balaban J connectivity index is 2.16. The van der Waals surface area contributed by atoms with Crippen LogP contribution in [0.2, 0.25) is 0 Å². The molecule has 2 aromatic carbocycles. The maximum atomic E-state index is 13.2. The van der Waals surface area contributed by atoms with E-state index in [2.05, 4.69) is 30.8 Å². The van der Waals surface area contributed by atoms with Crippen LogP contribution in [0.5, 0.6) is 5.75 Å². The lowest BCUT2D eigenvalue weighted by molar-refractivity contribution is -0.385. The van der Waals surface area contributed by atoms with E-state index in [-0.39, 0.29) is 28.5 Å². The van der Waals surface area contributed by atoms with Gasteiger partial charge in [0, 0.05) is 22.0 Å². The number of hydrogen-bond donors (Lipinski definition) is 0. The third kappa shape index (κ3) is 5.25. The first-order chi connectivity index (χ1) is 15.8. The van der Waals surface area contributed by atoms with Crippen molar-refractivity contribution in [3.05, 3.63) is 72.7 Å². The summed E-state index contributed by atoms with van der Waals surface area (Å²) in [6.07, 6.45) is 1.99. The van der Waals surface area contributed by atoms with Crippen LogP contribution in [0.3, 0.4) is 0 Å². The predicted octanol–water partition coefficient (Wildman–Crippen LogP) is 4.01. The molecule has 1 aromatic heterocycles. The summed E-state index contributed by atoms with van der Waals surface area (Å²) in [5.74, 6) is -0.485. The lowest BCUT2D eigenvalue weighted by atomic mass is 10.1. The van der Waals surface area contributed by atoms with Gasteiger partial charge in [0.15, 0.2) is 6.61 Å². The van der Waals surface area contributed by atoms with Crippen LogP contribution >= 0.6 is 15.9 Å². The largest absolute Gasteiger partial charge is 0.474 e. The van der Waals surface area contributed by atoms with E-state index in [9.17, 15) is 19.7 Å². The highest BCUT2D eigenvalue weighted by Gasteiger charge is 2.20. The van der Waals surface area contributed by atoms with Crippen molar-refractivity contribution in [2.75, 3.05) is 13.7 Å². The maximum Gasteiger partial charge on any atom is 0.343 e. The second-order valence-corrected chi connectivity index (χ2v) is 8.04. The number of esters is 1. The van der Waals surface area contributed by atoms with Gasteiger partial charge in [-0.1, -0.05) is 35.8 Å². The average molecular weight is 517 g/mol. The minimum Gasteiger partial charge on any atom is -0.474 e. The van der Waals surface area contributed by atoms with E-state index in [4.69, 9.17) is 4.74 Å².